The van der Waals surface area contributed by atoms with Crippen molar-refractivity contribution >= 4 is 11.9 Å². The van der Waals surface area contributed by atoms with Crippen molar-refractivity contribution in [2.45, 2.75) is 6.92 Å². The Morgan fingerprint density at radius 3 is 2.64 bits per heavy atom. The summed E-state index contributed by atoms with van der Waals surface area (Å²) in [5, 5.41) is 0. The molecule has 0 saturated carbocycles. The highest BCUT2D eigenvalue weighted by Gasteiger charge is 2.24. The summed E-state index contributed by atoms with van der Waals surface area (Å²) >= 11 is 0. The first-order valence-electron chi connectivity index (χ1n) is 8.03. The van der Waals surface area contributed by atoms with E-state index in [9.17, 15) is 4.79 Å². The van der Waals surface area contributed by atoms with Gasteiger partial charge in [-0.1, -0.05) is 6.07 Å². The van der Waals surface area contributed by atoms with Crippen molar-refractivity contribution in [3.8, 4) is 23.0 Å². The molecule has 0 saturated heterocycles. The minimum Gasteiger partial charge on any atom is -0.497 e. The maximum Gasteiger partial charge on any atom is 0.196 e. The molecule has 5 heteroatoms. The fourth-order valence-corrected chi connectivity index (χ4v) is 2.69. The summed E-state index contributed by atoms with van der Waals surface area (Å²) in [4.78, 5) is 12.8. The molecule has 0 fully saturated rings. The summed E-state index contributed by atoms with van der Waals surface area (Å²) in [6.45, 7) is 2.67. The van der Waals surface area contributed by atoms with Gasteiger partial charge >= 0.3 is 0 Å². The number of carbonyl (C=O) groups is 1. The van der Waals surface area contributed by atoms with Crippen LogP contribution in [0.4, 0.5) is 0 Å². The van der Waals surface area contributed by atoms with Crippen LogP contribution in [0.3, 0.4) is 0 Å². The average molecular weight is 340 g/mol. The van der Waals surface area contributed by atoms with Gasteiger partial charge in [-0.2, -0.15) is 0 Å². The van der Waals surface area contributed by atoms with Gasteiger partial charge in [0.15, 0.2) is 17.3 Å². The van der Waals surface area contributed by atoms with Gasteiger partial charge in [-0.3, -0.25) is 4.79 Å². The van der Waals surface area contributed by atoms with Crippen LogP contribution in [-0.4, -0.2) is 33.2 Å². The van der Waals surface area contributed by atoms with Crippen molar-refractivity contribution in [3.05, 3.63) is 53.1 Å². The fourth-order valence-electron chi connectivity index (χ4n) is 2.69. The lowest BCUT2D eigenvalue weighted by molar-refractivity contribution is 0.100. The van der Waals surface area contributed by atoms with E-state index >= 15 is 0 Å². The molecule has 0 N–H and O–H groups in total. The average Bonchev–Trinajstić information content (AvgIpc) is 2.64. The first-order chi connectivity index (χ1) is 12.2. The zero-order chi connectivity index (χ0) is 17.8. The molecule has 0 aliphatic carbocycles. The molecule has 0 aromatic heterocycles. The van der Waals surface area contributed by atoms with Gasteiger partial charge in [0.1, 0.15) is 18.1 Å². The van der Waals surface area contributed by atoms with Crippen LogP contribution in [0.25, 0.3) is 6.08 Å². The predicted octanol–water partition coefficient (Wildman–Crippen LogP) is 3.76. The lowest BCUT2D eigenvalue weighted by atomic mass is 9.98. The van der Waals surface area contributed by atoms with E-state index in [2.05, 4.69) is 0 Å². The summed E-state index contributed by atoms with van der Waals surface area (Å²) < 4.78 is 21.8. The van der Waals surface area contributed by atoms with E-state index in [1.807, 2.05) is 31.2 Å². The number of ether oxygens (including phenoxy) is 4. The lowest BCUT2D eigenvalue weighted by Crippen LogP contribution is -2.19. The van der Waals surface area contributed by atoms with Crippen LogP contribution >= 0.6 is 0 Å². The van der Waals surface area contributed by atoms with Crippen LogP contribution in [0.1, 0.15) is 22.8 Å². The van der Waals surface area contributed by atoms with Gasteiger partial charge in [-0.25, -0.2) is 0 Å². The predicted molar refractivity (Wildman–Crippen MR) is 95.0 cm³/mol. The zero-order valence-corrected chi connectivity index (χ0v) is 14.5. The van der Waals surface area contributed by atoms with Crippen LogP contribution in [-0.2, 0) is 0 Å². The number of carbonyl (C=O) groups excluding carboxylic acids is 1. The number of methoxy groups -OCH3 is 2. The molecule has 3 rings (SSSR count). The van der Waals surface area contributed by atoms with Crippen LogP contribution in [0, 0.1) is 0 Å². The van der Waals surface area contributed by atoms with Crippen molar-refractivity contribution < 1.29 is 23.7 Å². The number of benzene rings is 2. The molecule has 5 nitrogen and oxygen atoms in total. The molecule has 2 aromatic rings. The largest absolute Gasteiger partial charge is 0.497 e. The molecule has 25 heavy (non-hydrogen) atoms. The minimum absolute atomic E-state index is 0.0612. The van der Waals surface area contributed by atoms with Gasteiger partial charge < -0.3 is 18.9 Å². The van der Waals surface area contributed by atoms with Crippen LogP contribution in [0.2, 0.25) is 0 Å². The Labute approximate surface area is 146 Å². The molecule has 0 radical (unpaired) electrons. The van der Waals surface area contributed by atoms with Gasteiger partial charge in [0.2, 0.25) is 0 Å². The zero-order valence-electron chi connectivity index (χ0n) is 14.5. The smallest absolute Gasteiger partial charge is 0.196 e. The molecule has 0 unspecified atom stereocenters. The number of Topliss-reactive ketones (excluding diaryl/α,β-unsaturated/α-hetero) is 1. The second kappa shape index (κ2) is 7.30. The van der Waals surface area contributed by atoms with E-state index in [1.54, 1.807) is 32.4 Å². The first kappa shape index (κ1) is 16.9. The van der Waals surface area contributed by atoms with E-state index in [4.69, 9.17) is 18.9 Å². The Morgan fingerprint density at radius 1 is 1.08 bits per heavy atom. The molecule has 0 atom stereocenters. The van der Waals surface area contributed by atoms with E-state index in [0.717, 1.165) is 5.56 Å². The van der Waals surface area contributed by atoms with Crippen LogP contribution in [0.15, 0.2) is 42.0 Å². The minimum atomic E-state index is -0.0612. The quantitative estimate of drug-likeness (QED) is 0.776. The van der Waals surface area contributed by atoms with Gasteiger partial charge in [0, 0.05) is 5.57 Å². The molecular weight excluding hydrogens is 320 g/mol. The van der Waals surface area contributed by atoms with E-state index in [0.29, 0.717) is 40.7 Å². The third-order valence-electron chi connectivity index (χ3n) is 3.93. The molecule has 0 bridgehead atoms. The molecule has 2 aromatic carbocycles. The van der Waals surface area contributed by atoms with Gasteiger partial charge in [-0.15, -0.1) is 0 Å². The van der Waals surface area contributed by atoms with E-state index < -0.39 is 0 Å². The highest BCUT2D eigenvalue weighted by molar-refractivity contribution is 6.14. The normalized spacial score (nSPS) is 14.7. The summed E-state index contributed by atoms with van der Waals surface area (Å²) in [6, 6.07) is 10.8. The molecule has 0 spiro atoms. The standard InChI is InChI=1S/C20H20O5/c1-4-24-19-10-13(5-7-18(19)23-3)9-14-12-25-17-8-6-15(22-2)11-16(17)20(14)21/h5-11H,4,12H2,1-3H3. The van der Waals surface area contributed by atoms with Gasteiger partial charge in [0.25, 0.3) is 0 Å². The lowest BCUT2D eigenvalue weighted by Gasteiger charge is -2.19. The number of fused-ring (bicyclic) bond motifs is 1. The number of ketones is 1. The second-order valence-electron chi connectivity index (χ2n) is 5.49. The Hall–Kier alpha value is -2.95. The third kappa shape index (κ3) is 3.45. The monoisotopic (exact) mass is 340 g/mol. The molecule has 0 amide bonds. The Kier molecular flexibility index (Phi) is 4.93. The van der Waals surface area contributed by atoms with Crippen molar-refractivity contribution in [3.63, 3.8) is 0 Å². The molecule has 1 aliphatic heterocycles. The van der Waals surface area contributed by atoms with E-state index in [1.165, 1.54) is 0 Å². The van der Waals surface area contributed by atoms with Crippen LogP contribution in [0.5, 0.6) is 23.0 Å². The molecule has 130 valence electrons. The molecule has 1 aliphatic rings. The van der Waals surface area contributed by atoms with Crippen molar-refractivity contribution in [2.75, 3.05) is 27.4 Å². The van der Waals surface area contributed by atoms with Crippen molar-refractivity contribution in [1.82, 2.24) is 0 Å². The SMILES string of the molecule is CCOc1cc(C=C2COc3ccc(OC)cc3C2=O)ccc1OC. The van der Waals surface area contributed by atoms with Crippen molar-refractivity contribution in [2.24, 2.45) is 0 Å². The third-order valence-corrected chi connectivity index (χ3v) is 3.93. The number of hydrogen-bond acceptors (Lipinski definition) is 5. The Bertz CT molecular complexity index is 823. The summed E-state index contributed by atoms with van der Waals surface area (Å²) in [6.07, 6.45) is 1.81. The summed E-state index contributed by atoms with van der Waals surface area (Å²) in [7, 11) is 3.16. The Balaban J connectivity index is 1.94. The molecular formula is C20H20O5. The van der Waals surface area contributed by atoms with Crippen LogP contribution < -0.4 is 18.9 Å². The fraction of sp³-hybridized carbons (Fsp3) is 0.250. The highest BCUT2D eigenvalue weighted by atomic mass is 16.5. The number of hydrogen-bond donors (Lipinski definition) is 0. The summed E-state index contributed by atoms with van der Waals surface area (Å²) in [5.41, 5.74) is 1.94. The van der Waals surface area contributed by atoms with Gasteiger partial charge in [-0.05, 0) is 48.9 Å². The maximum atomic E-state index is 12.8. The topological polar surface area (TPSA) is 54.0 Å². The van der Waals surface area contributed by atoms with Crippen molar-refractivity contribution in [1.29, 1.82) is 0 Å². The van der Waals surface area contributed by atoms with Gasteiger partial charge in [0.05, 0.1) is 26.4 Å². The first-order valence-corrected chi connectivity index (χ1v) is 8.03. The highest BCUT2D eigenvalue weighted by Crippen LogP contribution is 2.33. The maximum absolute atomic E-state index is 12.8. The summed E-state index contributed by atoms with van der Waals surface area (Å²) in [5.74, 6) is 2.44. The van der Waals surface area contributed by atoms with E-state index in [-0.39, 0.29) is 12.4 Å². The Morgan fingerprint density at radius 2 is 1.92 bits per heavy atom. The molecule has 1 heterocycles. The second-order valence-corrected chi connectivity index (χ2v) is 5.49. The number of rotatable bonds is 5.